The van der Waals surface area contributed by atoms with Gasteiger partial charge in [0.15, 0.2) is 5.75 Å². The van der Waals surface area contributed by atoms with Gasteiger partial charge in [0.05, 0.1) is 30.0 Å². The lowest BCUT2D eigenvalue weighted by molar-refractivity contribution is -0.137. The number of hydrogen-bond donors (Lipinski definition) is 2. The van der Waals surface area contributed by atoms with Gasteiger partial charge in [-0.05, 0) is 69.4 Å². The predicted molar refractivity (Wildman–Crippen MR) is 189 cm³/mol. The van der Waals surface area contributed by atoms with Gasteiger partial charge in [0.25, 0.3) is 0 Å². The van der Waals surface area contributed by atoms with E-state index in [9.17, 15) is 22.8 Å². The molecule has 0 radical (unpaired) electrons. The highest BCUT2D eigenvalue weighted by atomic mass is 19.4. The summed E-state index contributed by atoms with van der Waals surface area (Å²) in [7, 11) is 4.54. The minimum atomic E-state index is -4.82. The number of carbonyl (C=O) groups is 2. The molecule has 0 atom stereocenters. The van der Waals surface area contributed by atoms with Crippen LogP contribution in [0.2, 0.25) is 0 Å². The average Bonchev–Trinajstić information content (AvgIpc) is 3.66. The molecular weight excluding hydrogens is 699 g/mol. The molecule has 2 N–H and O–H groups in total. The Balaban J connectivity index is 1.31. The quantitative estimate of drug-likeness (QED) is 0.0829. The summed E-state index contributed by atoms with van der Waals surface area (Å²) in [5, 5.41) is 5.52. The molecule has 53 heavy (non-hydrogen) atoms. The molecule has 1 aliphatic rings. The first-order valence-electron chi connectivity index (χ1n) is 17.2. The molecule has 1 amide bonds. The number of anilines is 1. The molecule has 2 aromatic carbocycles. The summed E-state index contributed by atoms with van der Waals surface area (Å²) < 4.78 is 88.6. The van der Waals surface area contributed by atoms with E-state index in [-0.39, 0.29) is 69.1 Å². The Morgan fingerprint density at radius 2 is 1.75 bits per heavy atom. The number of rotatable bonds is 11. The number of nitrogens with zero attached hydrogens (tertiary/aromatic N) is 4. The number of amides is 1. The van der Waals surface area contributed by atoms with Gasteiger partial charge in [0.1, 0.15) is 40.0 Å². The van der Waals surface area contributed by atoms with Gasteiger partial charge < -0.3 is 24.7 Å². The second-order valence-corrected chi connectivity index (χ2v) is 12.9. The molecule has 1 saturated carbocycles. The Morgan fingerprint density at radius 1 is 1.06 bits per heavy atom. The first-order valence-corrected chi connectivity index (χ1v) is 17.2. The summed E-state index contributed by atoms with van der Waals surface area (Å²) in [5.41, 5.74) is -1.91. The van der Waals surface area contributed by atoms with E-state index in [1.54, 1.807) is 34.1 Å². The average molecular weight is 739 g/mol. The summed E-state index contributed by atoms with van der Waals surface area (Å²) in [6.07, 6.45) is 3.52. The smallest absolute Gasteiger partial charge is 0.417 e. The number of fused-ring (bicyclic) bond motifs is 2. The molecule has 1 fully saturated rings. The van der Waals surface area contributed by atoms with Crippen LogP contribution in [0.1, 0.15) is 65.7 Å². The van der Waals surface area contributed by atoms with E-state index in [0.29, 0.717) is 12.4 Å². The summed E-state index contributed by atoms with van der Waals surface area (Å²) >= 11 is 0. The van der Waals surface area contributed by atoms with Crippen molar-refractivity contribution in [1.29, 1.82) is 0 Å². The number of imidazole rings is 2. The lowest BCUT2D eigenvalue weighted by Gasteiger charge is -2.27. The van der Waals surface area contributed by atoms with Crippen molar-refractivity contribution < 1.29 is 41.0 Å². The number of nitrogens with one attached hydrogen (secondary N) is 2. The van der Waals surface area contributed by atoms with Crippen molar-refractivity contribution in [2.45, 2.75) is 64.3 Å². The van der Waals surface area contributed by atoms with E-state index < -0.39 is 40.8 Å². The largest absolute Gasteiger partial charge is 0.494 e. The third-order valence-corrected chi connectivity index (χ3v) is 9.76. The van der Waals surface area contributed by atoms with Crippen LogP contribution in [0.25, 0.3) is 27.8 Å². The maximum Gasteiger partial charge on any atom is 0.417 e. The van der Waals surface area contributed by atoms with Crippen LogP contribution in [0.15, 0.2) is 48.7 Å². The molecular formula is C38H39F5N6O4. The number of aromatic nitrogens is 4. The number of ketones is 1. The van der Waals surface area contributed by atoms with Gasteiger partial charge in [-0.25, -0.2) is 18.7 Å². The van der Waals surface area contributed by atoms with E-state index in [1.807, 2.05) is 0 Å². The highest BCUT2D eigenvalue weighted by molar-refractivity contribution is 6.10. The number of hydrogen-bond acceptors (Lipinski definition) is 7. The van der Waals surface area contributed by atoms with Crippen molar-refractivity contribution in [2.75, 3.05) is 26.1 Å². The van der Waals surface area contributed by atoms with Gasteiger partial charge in [-0.1, -0.05) is 13.0 Å². The first-order chi connectivity index (χ1) is 25.3. The Labute approximate surface area is 302 Å². The van der Waals surface area contributed by atoms with E-state index in [1.165, 1.54) is 40.5 Å². The highest BCUT2D eigenvalue weighted by Gasteiger charge is 2.38. The summed E-state index contributed by atoms with van der Waals surface area (Å²) in [6.45, 7) is 3.74. The van der Waals surface area contributed by atoms with Crippen LogP contribution >= 0.6 is 0 Å². The Bertz CT molecular complexity index is 2210. The van der Waals surface area contributed by atoms with Crippen molar-refractivity contribution in [3.8, 4) is 16.9 Å². The second kappa shape index (κ2) is 15.1. The molecule has 6 rings (SSSR count). The molecule has 5 aromatic rings. The van der Waals surface area contributed by atoms with Crippen LogP contribution in [-0.4, -0.2) is 63.5 Å². The zero-order chi connectivity index (χ0) is 38.2. The molecule has 10 nitrogen and oxygen atoms in total. The van der Waals surface area contributed by atoms with E-state index in [0.717, 1.165) is 43.9 Å². The summed E-state index contributed by atoms with van der Waals surface area (Å²) in [6, 6.07) is 5.75. The predicted octanol–water partition coefficient (Wildman–Crippen LogP) is 7.34. The number of halogens is 5. The molecule has 280 valence electrons. The van der Waals surface area contributed by atoms with Crippen LogP contribution in [0.4, 0.5) is 27.6 Å². The summed E-state index contributed by atoms with van der Waals surface area (Å²) in [5.74, 6) is -3.62. The maximum atomic E-state index is 15.3. The Hall–Kier alpha value is -5.15. The van der Waals surface area contributed by atoms with Crippen molar-refractivity contribution in [3.05, 3.63) is 88.7 Å². The molecule has 0 spiro atoms. The van der Waals surface area contributed by atoms with Crippen LogP contribution in [0.3, 0.4) is 0 Å². The zero-order valence-corrected chi connectivity index (χ0v) is 29.8. The summed E-state index contributed by atoms with van der Waals surface area (Å²) in [4.78, 5) is 35.5. The van der Waals surface area contributed by atoms with Gasteiger partial charge in [0.2, 0.25) is 11.7 Å². The number of carbonyl (C=O) groups excluding carboxylic acids is 2. The minimum absolute atomic E-state index is 0.00253. The van der Waals surface area contributed by atoms with Gasteiger partial charge >= 0.3 is 6.18 Å². The third-order valence-electron chi connectivity index (χ3n) is 9.76. The molecule has 3 aromatic heterocycles. The van der Waals surface area contributed by atoms with E-state index in [2.05, 4.69) is 20.6 Å². The Kier molecular flexibility index (Phi) is 10.7. The SMILES string of the molecule is CCc1nc2c(-c3c(C(F)(F)F)cc4c(nc(C)n4C)c3OC)cccn2c1C(=O)c1cc(F)c(NC(=O)/C=C/CNC2CCC(OC)CC2)c(F)c1. The monoisotopic (exact) mass is 738 g/mol. The second-order valence-electron chi connectivity index (χ2n) is 12.9. The van der Waals surface area contributed by atoms with Gasteiger partial charge in [-0.15, -0.1) is 0 Å². The highest BCUT2D eigenvalue weighted by Crippen LogP contribution is 2.47. The van der Waals surface area contributed by atoms with Crippen LogP contribution in [0, 0.1) is 18.6 Å². The lowest BCUT2D eigenvalue weighted by Crippen LogP contribution is -2.35. The fraction of sp³-hybridized carbons (Fsp3) is 0.368. The molecule has 0 saturated heterocycles. The fourth-order valence-electron chi connectivity index (χ4n) is 6.92. The van der Waals surface area contributed by atoms with Crippen LogP contribution < -0.4 is 15.4 Å². The van der Waals surface area contributed by atoms with Crippen molar-refractivity contribution in [2.24, 2.45) is 7.05 Å². The number of ether oxygens (including phenoxy) is 2. The topological polar surface area (TPSA) is 112 Å². The van der Waals surface area contributed by atoms with E-state index in [4.69, 9.17) is 9.47 Å². The van der Waals surface area contributed by atoms with Crippen LogP contribution in [-0.2, 0) is 29.2 Å². The number of alkyl halides is 3. The van der Waals surface area contributed by atoms with Gasteiger partial charge in [-0.3, -0.25) is 14.0 Å². The minimum Gasteiger partial charge on any atom is -0.494 e. The first kappa shape index (κ1) is 37.6. The molecule has 0 unspecified atom stereocenters. The standard InChI is InChI=1S/C38H39F5N6O4/c1-6-28-34(35(51)21-17-26(39)32(27(40)18-21)47-30(50)10-7-15-44-22-11-13-23(52-4)14-12-22)49-16-8-9-24(37(49)46-28)31-25(38(41,42)43)19-29-33(36(31)53-5)45-20(2)48(29)3/h7-10,16-19,22-23,44H,6,11-15H2,1-5H3,(H,47,50)/b10-7+. The molecule has 0 aliphatic heterocycles. The third kappa shape index (κ3) is 7.27. The van der Waals surface area contributed by atoms with Crippen molar-refractivity contribution in [3.63, 3.8) is 0 Å². The number of methoxy groups -OCH3 is 2. The number of aryl methyl sites for hydroxylation is 3. The van der Waals surface area contributed by atoms with Crippen molar-refractivity contribution >= 4 is 34.1 Å². The van der Waals surface area contributed by atoms with Crippen LogP contribution in [0.5, 0.6) is 5.75 Å². The normalized spacial score (nSPS) is 16.6. The van der Waals surface area contributed by atoms with E-state index >= 15 is 8.78 Å². The molecule has 3 heterocycles. The van der Waals surface area contributed by atoms with Crippen molar-refractivity contribution in [1.82, 2.24) is 24.3 Å². The zero-order valence-electron chi connectivity index (χ0n) is 29.8. The molecule has 15 heteroatoms. The lowest BCUT2D eigenvalue weighted by atomic mass is 9.93. The number of pyridine rings is 1. The van der Waals surface area contributed by atoms with Gasteiger partial charge in [0, 0.05) is 55.7 Å². The fourth-order valence-corrected chi connectivity index (χ4v) is 6.92. The van der Waals surface area contributed by atoms with Gasteiger partial charge in [-0.2, -0.15) is 13.2 Å². The Morgan fingerprint density at radius 3 is 2.38 bits per heavy atom. The number of benzene rings is 2. The molecule has 0 bridgehead atoms. The molecule has 1 aliphatic carbocycles. The maximum absolute atomic E-state index is 15.3.